The molecule has 0 saturated carbocycles. The Morgan fingerprint density at radius 1 is 1.15 bits per heavy atom. The molecule has 1 aromatic heterocycles. The lowest BCUT2D eigenvalue weighted by Crippen LogP contribution is -2.47. The lowest BCUT2D eigenvalue weighted by molar-refractivity contribution is 0.0203. The number of fused-ring (bicyclic) bond motifs is 1. The average molecular weight is 502 g/mol. The van der Waals surface area contributed by atoms with Crippen molar-refractivity contribution in [3.05, 3.63) is 23.0 Å². The van der Waals surface area contributed by atoms with E-state index in [0.717, 1.165) is 0 Å². The molecule has 0 bridgehead atoms. The first-order chi connectivity index (χ1) is 15.2. The monoisotopic (exact) mass is 501 g/mol. The highest BCUT2D eigenvalue weighted by Gasteiger charge is 2.32. The second-order valence-electron chi connectivity index (χ2n) is 9.86. The zero-order valence-corrected chi connectivity index (χ0v) is 22.4. The predicted molar refractivity (Wildman–Crippen MR) is 130 cm³/mol. The molecule has 0 spiro atoms. The Hall–Kier alpha value is -1.84. The number of benzene rings is 1. The Morgan fingerprint density at radius 3 is 2.24 bits per heavy atom. The number of sulfonamides is 1. The minimum absolute atomic E-state index is 0.0720. The quantitative estimate of drug-likeness (QED) is 0.597. The van der Waals surface area contributed by atoms with Crippen molar-refractivity contribution in [1.82, 2.24) is 14.6 Å². The van der Waals surface area contributed by atoms with Gasteiger partial charge in [0.1, 0.15) is 16.0 Å². The Bertz CT molecular complexity index is 1080. The van der Waals surface area contributed by atoms with Crippen LogP contribution in [-0.4, -0.2) is 49.1 Å². The molecule has 1 aromatic carbocycles. The number of hydrogen-bond donors (Lipinski definition) is 1. The van der Waals surface area contributed by atoms with Crippen molar-refractivity contribution in [3.8, 4) is 0 Å². The van der Waals surface area contributed by atoms with Crippen molar-refractivity contribution in [2.45, 2.75) is 90.2 Å². The summed E-state index contributed by atoms with van der Waals surface area (Å²) in [7, 11) is -3.97. The maximum absolute atomic E-state index is 13.2. The van der Waals surface area contributed by atoms with Crippen LogP contribution < -0.4 is 4.72 Å². The molecule has 1 N–H and O–H groups in total. The average Bonchev–Trinajstić information content (AvgIpc) is 3.12. The number of nitrogens with zero attached hydrogens (tertiary/aromatic N) is 2. The second kappa shape index (κ2) is 10.2. The van der Waals surface area contributed by atoms with E-state index in [1.165, 1.54) is 6.07 Å². The van der Waals surface area contributed by atoms with Crippen molar-refractivity contribution in [2.75, 3.05) is 13.1 Å². The minimum Gasteiger partial charge on any atom is -0.444 e. The third-order valence-electron chi connectivity index (χ3n) is 4.84. The zero-order valence-electron chi connectivity index (χ0n) is 20.8. The molecule has 1 aliphatic rings. The number of carbonyl (C=O) groups excluding carboxylic acids is 1. The second-order valence-corrected chi connectivity index (χ2v) is 11.9. The molecule has 3 rings (SSSR count). The number of likely N-dealkylation sites (tertiary alicyclic amines) is 1. The lowest BCUT2D eigenvalue weighted by Gasteiger charge is -2.33. The van der Waals surface area contributed by atoms with E-state index >= 15 is 0 Å². The molecule has 0 aliphatic carbocycles. The molecular weight excluding hydrogens is 466 g/mol. The number of rotatable bonds is 3. The topological polar surface area (TPSA) is 102 Å². The van der Waals surface area contributed by atoms with Gasteiger partial charge in [-0.3, -0.25) is 0 Å². The molecule has 1 fully saturated rings. The van der Waals surface area contributed by atoms with Crippen molar-refractivity contribution in [1.29, 1.82) is 0 Å². The summed E-state index contributed by atoms with van der Waals surface area (Å²) in [5, 5.41) is 0.0720. The van der Waals surface area contributed by atoms with E-state index < -0.39 is 21.7 Å². The van der Waals surface area contributed by atoms with Crippen LogP contribution in [0.3, 0.4) is 0 Å². The third kappa shape index (κ3) is 6.83. The van der Waals surface area contributed by atoms with Crippen LogP contribution in [0.1, 0.15) is 74.1 Å². The van der Waals surface area contributed by atoms with Crippen molar-refractivity contribution < 1.29 is 22.4 Å². The molecule has 186 valence electrons. The smallest absolute Gasteiger partial charge is 0.410 e. The van der Waals surface area contributed by atoms with E-state index in [0.29, 0.717) is 37.3 Å². The number of amides is 1. The molecule has 0 atom stereocenters. The molecule has 2 heterocycles. The standard InChI is InChI=1S/C21H30ClN3O5S.C2H6/c1-20(2,3)18-23-15-8-7-14(22)17(16(15)29-18)31(27,28)24-13-9-11-25(12-10-13)19(26)30-21(4,5)6;1-2/h7-8,13,24H,9-12H2,1-6H3;1-2H3. The first-order valence-corrected chi connectivity index (χ1v) is 13.1. The highest BCUT2D eigenvalue weighted by Crippen LogP contribution is 2.34. The summed E-state index contributed by atoms with van der Waals surface area (Å²) in [5.74, 6) is 0.437. The Labute approximate surface area is 202 Å². The highest BCUT2D eigenvalue weighted by molar-refractivity contribution is 7.89. The van der Waals surface area contributed by atoms with Gasteiger partial charge in [-0.25, -0.2) is 22.9 Å². The van der Waals surface area contributed by atoms with Gasteiger partial charge in [0.05, 0.1) is 5.02 Å². The molecule has 0 radical (unpaired) electrons. The van der Waals surface area contributed by atoms with Crippen molar-refractivity contribution in [3.63, 3.8) is 0 Å². The summed E-state index contributed by atoms with van der Waals surface area (Å²) in [4.78, 5) is 18.1. The van der Waals surface area contributed by atoms with Crippen LogP contribution in [-0.2, 0) is 20.2 Å². The van der Waals surface area contributed by atoms with Crippen LogP contribution in [0.4, 0.5) is 4.79 Å². The van der Waals surface area contributed by atoms with Gasteiger partial charge in [0.15, 0.2) is 5.58 Å². The van der Waals surface area contributed by atoms with E-state index in [1.807, 2.05) is 55.4 Å². The fraction of sp³-hybridized carbons (Fsp3) is 0.652. The normalized spacial score (nSPS) is 15.8. The van der Waals surface area contributed by atoms with E-state index in [9.17, 15) is 13.2 Å². The molecular formula is C23H36ClN3O5S. The van der Waals surface area contributed by atoms with E-state index in [-0.39, 0.29) is 27.0 Å². The van der Waals surface area contributed by atoms with Crippen molar-refractivity contribution >= 4 is 38.8 Å². The van der Waals surface area contributed by atoms with Gasteiger partial charge >= 0.3 is 6.09 Å². The van der Waals surface area contributed by atoms with Crippen LogP contribution >= 0.6 is 11.6 Å². The summed E-state index contributed by atoms with van der Waals surface area (Å²) < 4.78 is 40.4. The first-order valence-electron chi connectivity index (χ1n) is 11.3. The fourth-order valence-corrected chi connectivity index (χ4v) is 5.26. The third-order valence-corrected chi connectivity index (χ3v) is 6.86. The SMILES string of the molecule is CC.CC(C)(C)OC(=O)N1CCC(NS(=O)(=O)c2c(Cl)ccc3nc(C(C)(C)C)oc23)CC1. The molecule has 8 nitrogen and oxygen atoms in total. The summed E-state index contributed by atoms with van der Waals surface area (Å²) in [6.07, 6.45) is 0.545. The van der Waals surface area contributed by atoms with Gasteiger partial charge in [-0.05, 0) is 45.7 Å². The van der Waals surface area contributed by atoms with Crippen LogP contribution in [0.5, 0.6) is 0 Å². The number of oxazole rings is 1. The molecule has 0 unspecified atom stereocenters. The highest BCUT2D eigenvalue weighted by atomic mass is 35.5. The summed E-state index contributed by atoms with van der Waals surface area (Å²) in [5.41, 5.74) is -0.367. The van der Waals surface area contributed by atoms with Gasteiger partial charge in [0, 0.05) is 24.5 Å². The predicted octanol–water partition coefficient (Wildman–Crippen LogP) is 5.48. The Balaban J connectivity index is 0.00000187. The number of aromatic nitrogens is 1. The fourth-order valence-electron chi connectivity index (χ4n) is 3.30. The molecule has 1 aliphatic heterocycles. The molecule has 2 aromatic rings. The molecule has 1 saturated heterocycles. The van der Waals surface area contributed by atoms with Crippen LogP contribution in [0.2, 0.25) is 5.02 Å². The summed E-state index contributed by atoms with van der Waals surface area (Å²) in [6.45, 7) is 16.0. The van der Waals surface area contributed by atoms with Crippen LogP contribution in [0, 0.1) is 0 Å². The number of ether oxygens (including phenoxy) is 1. The largest absolute Gasteiger partial charge is 0.444 e. The maximum atomic E-state index is 13.2. The van der Waals surface area contributed by atoms with Gasteiger partial charge in [-0.2, -0.15) is 0 Å². The first kappa shape index (κ1) is 27.4. The van der Waals surface area contributed by atoms with Gasteiger partial charge in [0.25, 0.3) is 0 Å². The lowest BCUT2D eigenvalue weighted by atomic mass is 9.97. The summed E-state index contributed by atoms with van der Waals surface area (Å²) in [6, 6.07) is 2.83. The van der Waals surface area contributed by atoms with Gasteiger partial charge in [0.2, 0.25) is 15.9 Å². The molecule has 33 heavy (non-hydrogen) atoms. The van der Waals surface area contributed by atoms with Crippen molar-refractivity contribution in [2.24, 2.45) is 0 Å². The van der Waals surface area contributed by atoms with Crippen LogP contribution in [0.25, 0.3) is 11.1 Å². The Morgan fingerprint density at radius 2 is 1.73 bits per heavy atom. The van der Waals surface area contributed by atoms with E-state index in [2.05, 4.69) is 9.71 Å². The van der Waals surface area contributed by atoms with E-state index in [1.54, 1.807) is 11.0 Å². The molecule has 1 amide bonds. The number of carbonyl (C=O) groups is 1. The van der Waals surface area contributed by atoms with E-state index in [4.69, 9.17) is 20.8 Å². The number of hydrogen-bond acceptors (Lipinski definition) is 6. The number of halogens is 1. The van der Waals surface area contributed by atoms with Gasteiger partial charge < -0.3 is 14.1 Å². The number of piperidine rings is 1. The van der Waals surface area contributed by atoms with Gasteiger partial charge in [-0.15, -0.1) is 0 Å². The number of nitrogens with one attached hydrogen (secondary N) is 1. The van der Waals surface area contributed by atoms with Gasteiger partial charge in [-0.1, -0.05) is 46.2 Å². The minimum atomic E-state index is -3.97. The summed E-state index contributed by atoms with van der Waals surface area (Å²) >= 11 is 6.28. The van der Waals surface area contributed by atoms with Crippen LogP contribution in [0.15, 0.2) is 21.4 Å². The zero-order chi connectivity index (χ0) is 25.2. The maximum Gasteiger partial charge on any atom is 0.410 e. The molecule has 10 heteroatoms. The Kier molecular flexibility index (Phi) is 8.46.